The first-order valence-corrected chi connectivity index (χ1v) is 11.0. The van der Waals surface area contributed by atoms with E-state index in [0.717, 1.165) is 24.1 Å². The summed E-state index contributed by atoms with van der Waals surface area (Å²) in [7, 11) is 0. The number of hydrogen-bond donors (Lipinski definition) is 3. The van der Waals surface area contributed by atoms with E-state index in [1.54, 1.807) is 6.07 Å². The van der Waals surface area contributed by atoms with Crippen molar-refractivity contribution < 1.29 is 24.0 Å². The van der Waals surface area contributed by atoms with Crippen LogP contribution in [0.2, 0.25) is 0 Å². The van der Waals surface area contributed by atoms with Crippen molar-refractivity contribution in [3.05, 3.63) is 47.3 Å². The van der Waals surface area contributed by atoms with E-state index in [1.165, 1.54) is 13.8 Å². The Balaban J connectivity index is 1.53. The van der Waals surface area contributed by atoms with E-state index in [2.05, 4.69) is 15.8 Å². The van der Waals surface area contributed by atoms with Gasteiger partial charge < -0.3 is 20.3 Å². The van der Waals surface area contributed by atoms with Crippen LogP contribution < -0.4 is 10.6 Å². The first-order valence-electron chi connectivity index (χ1n) is 11.0. The molecule has 1 aromatic heterocycles. The van der Waals surface area contributed by atoms with E-state index < -0.39 is 11.5 Å². The maximum atomic E-state index is 12.4. The smallest absolute Gasteiger partial charge is 0.328 e. The monoisotopic (exact) mass is 441 g/mol. The third-order valence-corrected chi connectivity index (χ3v) is 6.05. The number of carbonyl (C=O) groups excluding carboxylic acids is 2. The molecule has 32 heavy (non-hydrogen) atoms. The van der Waals surface area contributed by atoms with Crippen LogP contribution in [0.25, 0.3) is 0 Å². The topological polar surface area (TPSA) is 122 Å². The lowest BCUT2D eigenvalue weighted by Crippen LogP contribution is -2.51. The molecule has 2 aromatic rings. The zero-order chi connectivity index (χ0) is 23.5. The van der Waals surface area contributed by atoms with Gasteiger partial charge in [-0.25, -0.2) is 4.79 Å². The Morgan fingerprint density at radius 2 is 1.72 bits per heavy atom. The summed E-state index contributed by atoms with van der Waals surface area (Å²) in [6.45, 7) is 6.94. The number of hydrogen-bond acceptors (Lipinski definition) is 5. The van der Waals surface area contributed by atoms with Crippen LogP contribution in [0.5, 0.6) is 0 Å². The molecule has 1 fully saturated rings. The van der Waals surface area contributed by atoms with Gasteiger partial charge in [0.1, 0.15) is 5.54 Å². The predicted octanol–water partition coefficient (Wildman–Crippen LogP) is 4.30. The molecule has 1 aliphatic carbocycles. The average molecular weight is 442 g/mol. The molecule has 0 saturated heterocycles. The van der Waals surface area contributed by atoms with E-state index in [0.29, 0.717) is 24.4 Å². The number of rotatable bonds is 7. The van der Waals surface area contributed by atoms with Crippen molar-refractivity contribution >= 4 is 23.5 Å². The zero-order valence-electron chi connectivity index (χ0n) is 19.0. The second kappa shape index (κ2) is 9.54. The zero-order valence-corrected chi connectivity index (χ0v) is 19.0. The van der Waals surface area contributed by atoms with Crippen LogP contribution in [0.4, 0.5) is 5.69 Å². The van der Waals surface area contributed by atoms with Crippen molar-refractivity contribution in [3.8, 4) is 0 Å². The van der Waals surface area contributed by atoms with Gasteiger partial charge in [-0.05, 0) is 69.1 Å². The third-order valence-electron chi connectivity index (χ3n) is 6.05. The van der Waals surface area contributed by atoms with Gasteiger partial charge in [0.25, 0.3) is 5.91 Å². The number of aromatic nitrogens is 1. The maximum Gasteiger partial charge on any atom is 0.328 e. The van der Waals surface area contributed by atoms with Crippen molar-refractivity contribution in [1.29, 1.82) is 0 Å². The number of carbonyl (C=O) groups is 3. The molecule has 172 valence electrons. The quantitative estimate of drug-likeness (QED) is 0.589. The van der Waals surface area contributed by atoms with E-state index in [4.69, 9.17) is 4.52 Å². The normalized spacial score (nSPS) is 18.9. The average Bonchev–Trinajstić information content (AvgIpc) is 3.25. The Hall–Kier alpha value is -3.16. The minimum Gasteiger partial charge on any atom is -0.480 e. The molecule has 1 aliphatic rings. The molecule has 0 atom stereocenters. The summed E-state index contributed by atoms with van der Waals surface area (Å²) < 4.78 is 5.12. The fourth-order valence-corrected chi connectivity index (χ4v) is 3.85. The van der Waals surface area contributed by atoms with Crippen LogP contribution in [-0.4, -0.2) is 33.6 Å². The summed E-state index contributed by atoms with van der Waals surface area (Å²) in [5, 5.41) is 18.6. The van der Waals surface area contributed by atoms with Gasteiger partial charge in [0, 0.05) is 17.7 Å². The number of nitrogens with zero attached hydrogens (tertiary/aromatic N) is 1. The molecular weight excluding hydrogens is 410 g/mol. The Kier molecular flexibility index (Phi) is 7.01. The van der Waals surface area contributed by atoms with Gasteiger partial charge in [0.05, 0.1) is 5.69 Å². The summed E-state index contributed by atoms with van der Waals surface area (Å²) in [6, 6.07) is 9.37. The molecule has 0 unspecified atom stereocenters. The van der Waals surface area contributed by atoms with Crippen LogP contribution in [0.1, 0.15) is 87.0 Å². The van der Waals surface area contributed by atoms with Crippen LogP contribution in [0.3, 0.4) is 0 Å². The summed E-state index contributed by atoms with van der Waals surface area (Å²) in [5.41, 5.74) is 1.30. The number of aliphatic carboxylic acids is 1. The van der Waals surface area contributed by atoms with Crippen molar-refractivity contribution in [2.24, 2.45) is 5.92 Å². The van der Waals surface area contributed by atoms with E-state index >= 15 is 0 Å². The summed E-state index contributed by atoms with van der Waals surface area (Å²) >= 11 is 0. The predicted molar refractivity (Wildman–Crippen MR) is 120 cm³/mol. The van der Waals surface area contributed by atoms with Gasteiger partial charge in [0.15, 0.2) is 0 Å². The molecular formula is C24H31N3O5. The standard InChI is InChI=1S/C24H31N3O5/c1-14(2)19-13-20(32-27-19)22(29)25-18-11-9-16(10-12-18)15-5-7-17(8-6-15)21(28)26-24(3,4)23(30)31/h9-15,17H,5-8H2,1-4H3,(H,25,29)(H,26,28)(H,30,31)/t15-,17-. The van der Waals surface area contributed by atoms with Gasteiger partial charge in [0.2, 0.25) is 11.7 Å². The lowest BCUT2D eigenvalue weighted by atomic mass is 9.78. The fourth-order valence-electron chi connectivity index (χ4n) is 3.85. The lowest BCUT2D eigenvalue weighted by molar-refractivity contribution is -0.146. The Morgan fingerprint density at radius 3 is 2.25 bits per heavy atom. The molecule has 2 amide bonds. The first kappa shape index (κ1) is 23.5. The Labute approximate surface area is 187 Å². The van der Waals surface area contributed by atoms with Gasteiger partial charge in [-0.3, -0.25) is 9.59 Å². The maximum absolute atomic E-state index is 12.4. The van der Waals surface area contributed by atoms with Gasteiger partial charge in [-0.1, -0.05) is 31.1 Å². The highest BCUT2D eigenvalue weighted by molar-refractivity contribution is 6.02. The van der Waals surface area contributed by atoms with Gasteiger partial charge in [-0.2, -0.15) is 0 Å². The molecule has 1 aromatic carbocycles. The van der Waals surface area contributed by atoms with Crippen molar-refractivity contribution in [2.75, 3.05) is 5.32 Å². The Morgan fingerprint density at radius 1 is 1.09 bits per heavy atom. The van der Waals surface area contributed by atoms with Crippen LogP contribution >= 0.6 is 0 Å². The number of amides is 2. The van der Waals surface area contributed by atoms with E-state index in [-0.39, 0.29) is 29.4 Å². The van der Waals surface area contributed by atoms with Crippen LogP contribution in [-0.2, 0) is 9.59 Å². The molecule has 1 saturated carbocycles. The molecule has 3 N–H and O–H groups in total. The highest BCUT2D eigenvalue weighted by atomic mass is 16.5. The molecule has 0 radical (unpaired) electrons. The highest BCUT2D eigenvalue weighted by Crippen LogP contribution is 2.36. The number of carboxylic acid groups (broad SMARTS) is 1. The van der Waals surface area contributed by atoms with Crippen LogP contribution in [0.15, 0.2) is 34.9 Å². The largest absolute Gasteiger partial charge is 0.480 e. The van der Waals surface area contributed by atoms with Gasteiger partial charge >= 0.3 is 5.97 Å². The van der Waals surface area contributed by atoms with E-state index in [9.17, 15) is 19.5 Å². The summed E-state index contributed by atoms with van der Waals surface area (Å²) in [6.07, 6.45) is 3.14. The molecule has 1 heterocycles. The molecule has 0 aliphatic heterocycles. The Bertz CT molecular complexity index is 970. The number of benzene rings is 1. The number of anilines is 1. The molecule has 3 rings (SSSR count). The molecule has 8 heteroatoms. The minimum absolute atomic E-state index is 0.166. The number of nitrogens with one attached hydrogen (secondary N) is 2. The second-order valence-electron chi connectivity index (χ2n) is 9.31. The SMILES string of the molecule is CC(C)c1cc(C(=O)Nc2ccc([C@H]3CC[C@H](C(=O)NC(C)(C)C(=O)O)CC3)cc2)on1. The van der Waals surface area contributed by atoms with Crippen molar-refractivity contribution in [1.82, 2.24) is 10.5 Å². The lowest BCUT2D eigenvalue weighted by Gasteiger charge is -2.30. The molecule has 0 spiro atoms. The summed E-state index contributed by atoms with van der Waals surface area (Å²) in [4.78, 5) is 36.0. The molecule has 8 nitrogen and oxygen atoms in total. The van der Waals surface area contributed by atoms with Crippen LogP contribution in [0, 0.1) is 5.92 Å². The van der Waals surface area contributed by atoms with E-state index in [1.807, 2.05) is 38.1 Å². The first-order chi connectivity index (χ1) is 15.1. The highest BCUT2D eigenvalue weighted by Gasteiger charge is 2.33. The fraction of sp³-hybridized carbons (Fsp3) is 0.500. The van der Waals surface area contributed by atoms with Gasteiger partial charge in [-0.15, -0.1) is 0 Å². The number of carboxylic acids is 1. The molecule has 0 bridgehead atoms. The summed E-state index contributed by atoms with van der Waals surface area (Å²) in [5.74, 6) is -1.05. The second-order valence-corrected chi connectivity index (χ2v) is 9.31. The third kappa shape index (κ3) is 5.55. The van der Waals surface area contributed by atoms with Crippen molar-refractivity contribution in [3.63, 3.8) is 0 Å². The van der Waals surface area contributed by atoms with Crippen molar-refractivity contribution in [2.45, 2.75) is 70.8 Å². The minimum atomic E-state index is -1.27.